The van der Waals surface area contributed by atoms with E-state index in [1.165, 1.54) is 19.0 Å². The molecule has 0 saturated heterocycles. The Labute approximate surface area is 123 Å². The van der Waals surface area contributed by atoms with Gasteiger partial charge in [0.05, 0.1) is 5.56 Å². The van der Waals surface area contributed by atoms with Crippen LogP contribution in [0, 0.1) is 11.8 Å². The molecule has 0 radical (unpaired) electrons. The van der Waals surface area contributed by atoms with Crippen LogP contribution in [0.15, 0.2) is 6.20 Å². The van der Waals surface area contributed by atoms with Crippen LogP contribution in [0.2, 0.25) is 5.15 Å². The van der Waals surface area contributed by atoms with E-state index in [4.69, 9.17) is 23.2 Å². The van der Waals surface area contributed by atoms with Gasteiger partial charge in [-0.1, -0.05) is 25.4 Å². The zero-order valence-electron chi connectivity index (χ0n) is 11.2. The second-order valence-electron chi connectivity index (χ2n) is 5.56. The van der Waals surface area contributed by atoms with Crippen LogP contribution >= 0.6 is 23.2 Å². The van der Waals surface area contributed by atoms with E-state index in [9.17, 15) is 4.79 Å². The van der Waals surface area contributed by atoms with Gasteiger partial charge in [-0.15, -0.1) is 0 Å². The summed E-state index contributed by atoms with van der Waals surface area (Å²) in [5.41, 5.74) is 0.183. The number of nitrogens with zero attached hydrogens (tertiary/aromatic N) is 2. The molecule has 0 amide bonds. The van der Waals surface area contributed by atoms with Gasteiger partial charge in [-0.25, -0.2) is 9.97 Å². The molecule has 0 bridgehead atoms. The number of hydrogen-bond donors (Lipinski definition) is 0. The van der Waals surface area contributed by atoms with Crippen molar-refractivity contribution >= 4 is 28.4 Å². The molecule has 5 heteroatoms. The van der Waals surface area contributed by atoms with E-state index in [1.54, 1.807) is 0 Å². The molecule has 1 aliphatic carbocycles. The summed E-state index contributed by atoms with van der Waals surface area (Å²) < 4.78 is 0. The molecule has 1 fully saturated rings. The van der Waals surface area contributed by atoms with Gasteiger partial charge in [0.15, 0.2) is 0 Å². The Kier molecular flexibility index (Phi) is 4.80. The molecular formula is C14H18Cl2N2O. The van der Waals surface area contributed by atoms with Crippen molar-refractivity contribution < 1.29 is 4.79 Å². The lowest BCUT2D eigenvalue weighted by Crippen LogP contribution is -2.19. The molecule has 1 heterocycles. The summed E-state index contributed by atoms with van der Waals surface area (Å²) in [6.07, 6.45) is 6.04. The highest BCUT2D eigenvalue weighted by Crippen LogP contribution is 2.37. The SMILES string of the molecule is CC(C)C1CCC(c2ncc(C(=O)Cl)c(Cl)n2)CC1. The van der Waals surface area contributed by atoms with E-state index >= 15 is 0 Å². The largest absolute Gasteiger partial charge is 0.275 e. The Morgan fingerprint density at radius 2 is 1.95 bits per heavy atom. The van der Waals surface area contributed by atoms with Crippen molar-refractivity contribution in [3.05, 3.63) is 22.7 Å². The summed E-state index contributed by atoms with van der Waals surface area (Å²) in [6.45, 7) is 4.55. The summed E-state index contributed by atoms with van der Waals surface area (Å²) in [7, 11) is 0. The fraction of sp³-hybridized carbons (Fsp3) is 0.643. The highest BCUT2D eigenvalue weighted by atomic mass is 35.5. The first-order valence-electron chi connectivity index (χ1n) is 6.71. The van der Waals surface area contributed by atoms with Crippen LogP contribution in [0.3, 0.4) is 0 Å². The molecule has 0 spiro atoms. The first-order valence-corrected chi connectivity index (χ1v) is 7.47. The molecule has 0 unspecified atom stereocenters. The van der Waals surface area contributed by atoms with Gasteiger partial charge in [-0.2, -0.15) is 0 Å². The van der Waals surface area contributed by atoms with Gasteiger partial charge in [-0.05, 0) is 49.1 Å². The summed E-state index contributed by atoms with van der Waals surface area (Å²) >= 11 is 11.4. The zero-order chi connectivity index (χ0) is 14.0. The van der Waals surface area contributed by atoms with Crippen molar-refractivity contribution in [2.75, 3.05) is 0 Å². The van der Waals surface area contributed by atoms with E-state index in [2.05, 4.69) is 23.8 Å². The van der Waals surface area contributed by atoms with Crippen molar-refractivity contribution in [1.82, 2.24) is 9.97 Å². The molecule has 0 aromatic carbocycles. The minimum Gasteiger partial charge on any atom is -0.275 e. The molecule has 3 nitrogen and oxygen atoms in total. The molecule has 0 atom stereocenters. The number of rotatable bonds is 3. The number of carbonyl (C=O) groups excluding carboxylic acids is 1. The van der Waals surface area contributed by atoms with Crippen molar-refractivity contribution in [3.8, 4) is 0 Å². The van der Waals surface area contributed by atoms with Crippen LogP contribution < -0.4 is 0 Å². The first kappa shape index (κ1) is 14.7. The van der Waals surface area contributed by atoms with E-state index in [1.807, 2.05) is 0 Å². The Bertz CT molecular complexity index is 469. The lowest BCUT2D eigenvalue weighted by Gasteiger charge is -2.30. The van der Waals surface area contributed by atoms with Gasteiger partial charge < -0.3 is 0 Å². The highest BCUT2D eigenvalue weighted by Gasteiger charge is 2.26. The van der Waals surface area contributed by atoms with E-state index in [0.717, 1.165) is 30.5 Å². The third-order valence-electron chi connectivity index (χ3n) is 4.05. The van der Waals surface area contributed by atoms with Gasteiger partial charge in [-0.3, -0.25) is 4.79 Å². The molecule has 2 rings (SSSR count). The van der Waals surface area contributed by atoms with Crippen molar-refractivity contribution in [2.45, 2.75) is 45.4 Å². The fourth-order valence-corrected chi connectivity index (χ4v) is 3.15. The molecule has 1 aromatic heterocycles. The minimum atomic E-state index is -0.611. The van der Waals surface area contributed by atoms with Gasteiger partial charge in [0, 0.05) is 12.1 Å². The molecular weight excluding hydrogens is 283 g/mol. The van der Waals surface area contributed by atoms with Gasteiger partial charge >= 0.3 is 0 Å². The smallest absolute Gasteiger partial charge is 0.257 e. The minimum absolute atomic E-state index is 0.163. The quantitative estimate of drug-likeness (QED) is 0.612. The summed E-state index contributed by atoms with van der Waals surface area (Å²) in [5, 5.41) is -0.448. The molecule has 0 aliphatic heterocycles. The van der Waals surface area contributed by atoms with E-state index in [-0.39, 0.29) is 10.7 Å². The van der Waals surface area contributed by atoms with Crippen molar-refractivity contribution in [1.29, 1.82) is 0 Å². The predicted octanol–water partition coefficient (Wildman–Crippen LogP) is 4.44. The maximum absolute atomic E-state index is 11.1. The van der Waals surface area contributed by atoms with Gasteiger partial charge in [0.1, 0.15) is 11.0 Å². The third kappa shape index (κ3) is 3.46. The van der Waals surface area contributed by atoms with Crippen LogP contribution in [0.25, 0.3) is 0 Å². The van der Waals surface area contributed by atoms with Crippen molar-refractivity contribution in [2.24, 2.45) is 11.8 Å². The van der Waals surface area contributed by atoms with Gasteiger partial charge in [0.2, 0.25) is 0 Å². The predicted molar refractivity (Wildman–Crippen MR) is 76.8 cm³/mol. The lowest BCUT2D eigenvalue weighted by atomic mass is 9.77. The monoisotopic (exact) mass is 300 g/mol. The Hall–Kier alpha value is -0.670. The van der Waals surface area contributed by atoms with Crippen LogP contribution in [0.4, 0.5) is 0 Å². The average molecular weight is 301 g/mol. The van der Waals surface area contributed by atoms with Crippen LogP contribution in [0.5, 0.6) is 0 Å². The number of halogens is 2. The van der Waals surface area contributed by atoms with Crippen LogP contribution in [-0.2, 0) is 0 Å². The normalized spacial score (nSPS) is 23.6. The summed E-state index contributed by atoms with van der Waals surface area (Å²) in [6, 6.07) is 0. The topological polar surface area (TPSA) is 42.9 Å². The fourth-order valence-electron chi connectivity index (χ4n) is 2.75. The Morgan fingerprint density at radius 1 is 1.32 bits per heavy atom. The van der Waals surface area contributed by atoms with E-state index in [0.29, 0.717) is 5.92 Å². The average Bonchev–Trinajstić information content (AvgIpc) is 2.38. The van der Waals surface area contributed by atoms with E-state index < -0.39 is 5.24 Å². The number of aromatic nitrogens is 2. The van der Waals surface area contributed by atoms with Gasteiger partial charge in [0.25, 0.3) is 5.24 Å². The first-order chi connectivity index (χ1) is 8.99. The summed E-state index contributed by atoms with van der Waals surface area (Å²) in [4.78, 5) is 19.6. The number of hydrogen-bond acceptors (Lipinski definition) is 3. The Morgan fingerprint density at radius 3 is 2.42 bits per heavy atom. The molecule has 1 aliphatic rings. The molecule has 104 valence electrons. The lowest BCUT2D eigenvalue weighted by molar-refractivity contribution is 0.108. The third-order valence-corrected chi connectivity index (χ3v) is 4.54. The summed E-state index contributed by atoms with van der Waals surface area (Å²) in [5.74, 6) is 2.64. The van der Waals surface area contributed by atoms with Crippen LogP contribution in [-0.4, -0.2) is 15.2 Å². The Balaban J connectivity index is 2.08. The molecule has 1 saturated carbocycles. The maximum Gasteiger partial charge on any atom is 0.257 e. The standard InChI is InChI=1S/C14H18Cl2N2O/c1-8(2)9-3-5-10(6-4-9)14-17-7-11(13(16)19)12(15)18-14/h7-10H,3-6H2,1-2H3. The van der Waals surface area contributed by atoms with Crippen molar-refractivity contribution in [3.63, 3.8) is 0 Å². The second kappa shape index (κ2) is 6.19. The molecule has 19 heavy (non-hydrogen) atoms. The van der Waals surface area contributed by atoms with Crippen LogP contribution in [0.1, 0.15) is 61.6 Å². The number of carbonyl (C=O) groups is 1. The molecule has 1 aromatic rings. The maximum atomic E-state index is 11.1. The highest BCUT2D eigenvalue weighted by molar-refractivity contribution is 6.68. The zero-order valence-corrected chi connectivity index (χ0v) is 12.7. The molecule has 0 N–H and O–H groups in total. The second-order valence-corrected chi connectivity index (χ2v) is 6.26.